The smallest absolute Gasteiger partial charge is 0.418 e. The van der Waals surface area contributed by atoms with Gasteiger partial charge >= 0.3 is 12.1 Å². The number of carbonyl (C=O) groups excluding carboxylic acids is 1. The van der Waals surface area contributed by atoms with Gasteiger partial charge in [-0.05, 0) is 6.07 Å². The van der Waals surface area contributed by atoms with Crippen molar-refractivity contribution in [1.82, 2.24) is 4.57 Å². The molecule has 0 atom stereocenters. The molecule has 1 aromatic heterocycles. The first-order valence-electron chi connectivity index (χ1n) is 6.16. The van der Waals surface area contributed by atoms with Gasteiger partial charge in [0.1, 0.15) is 0 Å². The Morgan fingerprint density at radius 2 is 2.00 bits per heavy atom. The molecular formula is C14H14F3NO3. The summed E-state index contributed by atoms with van der Waals surface area (Å²) in [6, 6.07) is 3.74. The standard InChI is InChI=1S/C14H14F3NO3/c1-20-7-6-18-8-10(13(19)21-2)9-4-3-5-11(12(9)18)14(15,16)17/h3-5,8H,6-7H2,1-2H3. The fourth-order valence-corrected chi connectivity index (χ4v) is 2.23. The van der Waals surface area contributed by atoms with E-state index in [1.165, 1.54) is 37.1 Å². The molecule has 0 amide bonds. The van der Waals surface area contributed by atoms with Crippen molar-refractivity contribution in [3.63, 3.8) is 0 Å². The largest absolute Gasteiger partial charge is 0.465 e. The van der Waals surface area contributed by atoms with E-state index in [-0.39, 0.29) is 29.6 Å². The van der Waals surface area contributed by atoms with Crippen LogP contribution in [0.25, 0.3) is 10.9 Å². The topological polar surface area (TPSA) is 40.5 Å². The molecule has 2 rings (SSSR count). The van der Waals surface area contributed by atoms with Crippen LogP contribution in [0, 0.1) is 0 Å². The second kappa shape index (κ2) is 5.77. The number of rotatable bonds is 4. The first kappa shape index (κ1) is 15.4. The first-order valence-corrected chi connectivity index (χ1v) is 6.16. The molecule has 7 heteroatoms. The van der Waals surface area contributed by atoms with Crippen LogP contribution in [0.15, 0.2) is 24.4 Å². The molecule has 0 saturated heterocycles. The second-order valence-corrected chi connectivity index (χ2v) is 4.42. The molecule has 2 aromatic rings. The van der Waals surface area contributed by atoms with Crippen molar-refractivity contribution in [2.45, 2.75) is 12.7 Å². The van der Waals surface area contributed by atoms with Crippen LogP contribution < -0.4 is 0 Å². The third-order valence-corrected chi connectivity index (χ3v) is 3.15. The summed E-state index contributed by atoms with van der Waals surface area (Å²) < 4.78 is 50.3. The summed E-state index contributed by atoms with van der Waals surface area (Å²) in [4.78, 5) is 11.7. The van der Waals surface area contributed by atoms with Crippen molar-refractivity contribution < 1.29 is 27.4 Å². The van der Waals surface area contributed by atoms with Crippen molar-refractivity contribution in [3.05, 3.63) is 35.5 Å². The highest BCUT2D eigenvalue weighted by atomic mass is 19.4. The zero-order valence-corrected chi connectivity index (χ0v) is 11.5. The molecule has 21 heavy (non-hydrogen) atoms. The van der Waals surface area contributed by atoms with E-state index in [0.717, 1.165) is 6.07 Å². The zero-order valence-electron chi connectivity index (χ0n) is 11.5. The van der Waals surface area contributed by atoms with Gasteiger partial charge in [0.25, 0.3) is 0 Å². The molecule has 0 bridgehead atoms. The van der Waals surface area contributed by atoms with E-state index in [0.29, 0.717) is 0 Å². The Morgan fingerprint density at radius 1 is 1.29 bits per heavy atom. The molecule has 0 unspecified atom stereocenters. The molecule has 0 aliphatic carbocycles. The monoisotopic (exact) mass is 301 g/mol. The molecule has 0 N–H and O–H groups in total. The van der Waals surface area contributed by atoms with Crippen LogP contribution in [-0.4, -0.2) is 31.4 Å². The number of esters is 1. The van der Waals surface area contributed by atoms with Crippen molar-refractivity contribution in [2.75, 3.05) is 20.8 Å². The van der Waals surface area contributed by atoms with E-state index >= 15 is 0 Å². The van der Waals surface area contributed by atoms with Crippen LogP contribution in [-0.2, 0) is 22.2 Å². The third kappa shape index (κ3) is 2.87. The van der Waals surface area contributed by atoms with Gasteiger partial charge in [0.15, 0.2) is 0 Å². The fourth-order valence-electron chi connectivity index (χ4n) is 2.23. The Labute approximate surface area is 119 Å². The van der Waals surface area contributed by atoms with Gasteiger partial charge in [-0.2, -0.15) is 13.2 Å². The molecule has 0 aliphatic rings. The number of hydrogen-bond donors (Lipinski definition) is 0. The predicted molar refractivity (Wildman–Crippen MR) is 70.2 cm³/mol. The maximum atomic E-state index is 13.2. The van der Waals surface area contributed by atoms with Gasteiger partial charge < -0.3 is 14.0 Å². The van der Waals surface area contributed by atoms with Gasteiger partial charge in [0.05, 0.1) is 30.4 Å². The summed E-state index contributed by atoms with van der Waals surface area (Å²) in [6.45, 7) is 0.438. The molecule has 1 heterocycles. The van der Waals surface area contributed by atoms with Crippen LogP contribution in [0.2, 0.25) is 0 Å². The number of halogens is 3. The number of ether oxygens (including phenoxy) is 2. The van der Waals surface area contributed by atoms with E-state index in [1.807, 2.05) is 0 Å². The van der Waals surface area contributed by atoms with Gasteiger partial charge in [-0.25, -0.2) is 4.79 Å². The quantitative estimate of drug-likeness (QED) is 0.815. The van der Waals surface area contributed by atoms with E-state index in [1.54, 1.807) is 0 Å². The molecule has 0 aliphatic heterocycles. The number of hydrogen-bond acceptors (Lipinski definition) is 3. The lowest BCUT2D eigenvalue weighted by molar-refractivity contribution is -0.136. The van der Waals surface area contributed by atoms with Crippen molar-refractivity contribution in [1.29, 1.82) is 0 Å². The molecule has 114 valence electrons. The van der Waals surface area contributed by atoms with Gasteiger partial charge in [0.2, 0.25) is 0 Å². The first-order chi connectivity index (χ1) is 9.90. The maximum absolute atomic E-state index is 13.2. The highest BCUT2D eigenvalue weighted by Gasteiger charge is 2.34. The summed E-state index contributed by atoms with van der Waals surface area (Å²) in [5, 5.41) is 0.216. The van der Waals surface area contributed by atoms with Crippen LogP contribution in [0.3, 0.4) is 0 Å². The number of para-hydroxylation sites is 1. The summed E-state index contributed by atoms with van der Waals surface area (Å²) in [5.74, 6) is -0.671. The Morgan fingerprint density at radius 3 is 2.57 bits per heavy atom. The number of aromatic nitrogens is 1. The summed E-state index contributed by atoms with van der Waals surface area (Å²) in [7, 11) is 2.64. The van der Waals surface area contributed by atoms with Crippen molar-refractivity contribution >= 4 is 16.9 Å². The average molecular weight is 301 g/mol. The zero-order chi connectivity index (χ0) is 15.6. The Hall–Kier alpha value is -2.02. The average Bonchev–Trinajstić information content (AvgIpc) is 2.82. The lowest BCUT2D eigenvalue weighted by Crippen LogP contribution is -2.10. The van der Waals surface area contributed by atoms with E-state index in [9.17, 15) is 18.0 Å². The summed E-state index contributed by atoms with van der Waals surface area (Å²) in [5.41, 5.74) is -0.719. The Balaban J connectivity index is 2.72. The van der Waals surface area contributed by atoms with E-state index in [2.05, 4.69) is 4.74 Å². The van der Waals surface area contributed by atoms with Gasteiger partial charge in [-0.3, -0.25) is 0 Å². The lowest BCUT2D eigenvalue weighted by atomic mass is 10.1. The van der Waals surface area contributed by atoms with Crippen LogP contribution in [0.5, 0.6) is 0 Å². The molecule has 4 nitrogen and oxygen atoms in total. The number of fused-ring (bicyclic) bond motifs is 1. The van der Waals surface area contributed by atoms with E-state index < -0.39 is 17.7 Å². The SMILES string of the molecule is COCCn1cc(C(=O)OC)c2cccc(C(F)(F)F)c21. The second-order valence-electron chi connectivity index (χ2n) is 4.42. The minimum absolute atomic E-state index is 0.0394. The van der Waals surface area contributed by atoms with Gasteiger partial charge in [-0.15, -0.1) is 0 Å². The number of nitrogens with zero attached hydrogens (tertiary/aromatic N) is 1. The van der Waals surface area contributed by atoms with Crippen LogP contribution >= 0.6 is 0 Å². The summed E-state index contributed by atoms with van der Waals surface area (Å²) >= 11 is 0. The highest BCUT2D eigenvalue weighted by molar-refractivity contribution is 6.05. The van der Waals surface area contributed by atoms with Crippen LogP contribution in [0.1, 0.15) is 15.9 Å². The molecule has 0 radical (unpaired) electrons. The predicted octanol–water partition coefficient (Wildman–Crippen LogP) is 3.09. The van der Waals surface area contributed by atoms with Gasteiger partial charge in [0, 0.05) is 25.2 Å². The summed E-state index contributed by atoms with van der Waals surface area (Å²) in [6.07, 6.45) is -3.14. The van der Waals surface area contributed by atoms with E-state index in [4.69, 9.17) is 4.74 Å². The highest BCUT2D eigenvalue weighted by Crippen LogP contribution is 2.36. The molecule has 0 saturated carbocycles. The normalized spacial score (nSPS) is 11.9. The minimum atomic E-state index is -4.50. The van der Waals surface area contributed by atoms with Crippen LogP contribution in [0.4, 0.5) is 13.2 Å². The number of methoxy groups -OCH3 is 2. The minimum Gasteiger partial charge on any atom is -0.465 e. The molecule has 0 spiro atoms. The Kier molecular flexibility index (Phi) is 4.22. The lowest BCUT2D eigenvalue weighted by Gasteiger charge is -2.12. The van der Waals surface area contributed by atoms with Crippen molar-refractivity contribution in [3.8, 4) is 0 Å². The number of benzene rings is 1. The number of carbonyl (C=O) groups is 1. The molecule has 1 aromatic carbocycles. The maximum Gasteiger partial charge on any atom is 0.418 e. The fraction of sp³-hybridized carbons (Fsp3) is 0.357. The Bertz CT molecular complexity index is 661. The molecule has 0 fully saturated rings. The van der Waals surface area contributed by atoms with Gasteiger partial charge in [-0.1, -0.05) is 12.1 Å². The number of alkyl halides is 3. The molecular weight excluding hydrogens is 287 g/mol. The van der Waals surface area contributed by atoms with Crippen molar-refractivity contribution in [2.24, 2.45) is 0 Å². The third-order valence-electron chi connectivity index (χ3n) is 3.15.